The molecule has 0 bridgehead atoms. The SMILES string of the molecule is O=c1[nH]cc(Cl)c2cnccc12. The molecule has 0 aliphatic carbocycles. The van der Waals surface area contributed by atoms with Gasteiger partial charge in [0.1, 0.15) is 0 Å². The number of H-pyrrole nitrogens is 1. The number of aromatic amines is 1. The smallest absolute Gasteiger partial charge is 0.256 e. The highest BCUT2D eigenvalue weighted by atomic mass is 35.5. The summed E-state index contributed by atoms with van der Waals surface area (Å²) in [6.07, 6.45) is 4.61. The van der Waals surface area contributed by atoms with Crippen LogP contribution in [0.1, 0.15) is 0 Å². The molecule has 0 atom stereocenters. The van der Waals surface area contributed by atoms with Gasteiger partial charge in [-0.3, -0.25) is 9.78 Å². The molecule has 0 saturated carbocycles. The summed E-state index contributed by atoms with van der Waals surface area (Å²) in [5.41, 5.74) is -0.142. The molecule has 2 aromatic heterocycles. The van der Waals surface area contributed by atoms with Crippen LogP contribution in [0, 0.1) is 0 Å². The van der Waals surface area contributed by atoms with E-state index in [1.807, 2.05) is 0 Å². The van der Waals surface area contributed by atoms with Gasteiger partial charge in [-0.15, -0.1) is 0 Å². The third kappa shape index (κ3) is 0.987. The fourth-order valence-corrected chi connectivity index (χ4v) is 1.27. The number of halogens is 1. The largest absolute Gasteiger partial charge is 0.327 e. The molecule has 1 N–H and O–H groups in total. The van der Waals surface area contributed by atoms with Gasteiger partial charge in [-0.25, -0.2) is 0 Å². The Morgan fingerprint density at radius 2 is 2.25 bits per heavy atom. The van der Waals surface area contributed by atoms with Crippen molar-refractivity contribution in [3.63, 3.8) is 0 Å². The summed E-state index contributed by atoms with van der Waals surface area (Å²) in [6.45, 7) is 0. The first-order chi connectivity index (χ1) is 5.79. The van der Waals surface area contributed by atoms with Gasteiger partial charge in [0.05, 0.1) is 10.4 Å². The Morgan fingerprint density at radius 1 is 1.42 bits per heavy atom. The van der Waals surface area contributed by atoms with Gasteiger partial charge < -0.3 is 4.98 Å². The summed E-state index contributed by atoms with van der Waals surface area (Å²) in [5, 5.41) is 1.76. The first-order valence-electron chi connectivity index (χ1n) is 3.40. The molecule has 12 heavy (non-hydrogen) atoms. The first-order valence-corrected chi connectivity index (χ1v) is 3.78. The Balaban J connectivity index is 3.05. The van der Waals surface area contributed by atoms with Crippen LogP contribution in [-0.2, 0) is 0 Å². The highest BCUT2D eigenvalue weighted by molar-refractivity contribution is 6.35. The maximum atomic E-state index is 11.2. The number of hydrogen-bond acceptors (Lipinski definition) is 2. The average molecular weight is 181 g/mol. The second-order valence-electron chi connectivity index (χ2n) is 2.39. The molecule has 0 fully saturated rings. The Labute approximate surface area is 73.0 Å². The summed E-state index contributed by atoms with van der Waals surface area (Å²) in [4.78, 5) is 17.6. The van der Waals surface area contributed by atoms with Crippen molar-refractivity contribution in [2.24, 2.45) is 0 Å². The van der Waals surface area contributed by atoms with Gasteiger partial charge in [0, 0.05) is 24.0 Å². The molecule has 3 nitrogen and oxygen atoms in total. The standard InChI is InChI=1S/C8H5ClN2O/c9-7-4-11-8(12)5-1-2-10-3-6(5)7/h1-4H,(H,11,12). The van der Waals surface area contributed by atoms with Crippen molar-refractivity contribution in [2.45, 2.75) is 0 Å². The van der Waals surface area contributed by atoms with Gasteiger partial charge in [0.15, 0.2) is 0 Å². The molecule has 2 aromatic rings. The molecule has 0 aliphatic heterocycles. The van der Waals surface area contributed by atoms with Crippen molar-refractivity contribution in [1.29, 1.82) is 0 Å². The van der Waals surface area contributed by atoms with Crippen molar-refractivity contribution in [3.05, 3.63) is 40.0 Å². The number of nitrogens with zero attached hydrogens (tertiary/aromatic N) is 1. The topological polar surface area (TPSA) is 45.8 Å². The minimum atomic E-state index is -0.142. The van der Waals surface area contributed by atoms with E-state index in [9.17, 15) is 4.79 Å². The van der Waals surface area contributed by atoms with Gasteiger partial charge >= 0.3 is 0 Å². The van der Waals surface area contributed by atoms with Gasteiger partial charge in [-0.05, 0) is 6.07 Å². The average Bonchev–Trinajstić information content (AvgIpc) is 2.12. The highest BCUT2D eigenvalue weighted by Crippen LogP contribution is 2.17. The molecular formula is C8H5ClN2O. The Morgan fingerprint density at radius 3 is 3.00 bits per heavy atom. The molecule has 0 amide bonds. The van der Waals surface area contributed by atoms with Crippen molar-refractivity contribution < 1.29 is 0 Å². The molecule has 60 valence electrons. The van der Waals surface area contributed by atoms with E-state index in [0.29, 0.717) is 15.8 Å². The van der Waals surface area contributed by atoms with E-state index in [4.69, 9.17) is 11.6 Å². The molecule has 0 aliphatic rings. The van der Waals surface area contributed by atoms with E-state index in [2.05, 4.69) is 9.97 Å². The molecule has 0 radical (unpaired) electrons. The van der Waals surface area contributed by atoms with E-state index >= 15 is 0 Å². The number of nitrogens with one attached hydrogen (secondary N) is 1. The second kappa shape index (κ2) is 2.60. The van der Waals surface area contributed by atoms with Crippen LogP contribution in [0.15, 0.2) is 29.5 Å². The zero-order valence-electron chi connectivity index (χ0n) is 6.04. The van der Waals surface area contributed by atoms with Crippen LogP contribution in [0.3, 0.4) is 0 Å². The highest BCUT2D eigenvalue weighted by Gasteiger charge is 2.00. The van der Waals surface area contributed by atoms with E-state index < -0.39 is 0 Å². The lowest BCUT2D eigenvalue weighted by Crippen LogP contribution is -2.04. The molecule has 0 spiro atoms. The lowest BCUT2D eigenvalue weighted by atomic mass is 10.2. The van der Waals surface area contributed by atoms with Crippen molar-refractivity contribution in [3.8, 4) is 0 Å². The molecule has 0 unspecified atom stereocenters. The number of pyridine rings is 2. The predicted octanol–water partition coefficient (Wildman–Crippen LogP) is 1.58. The van der Waals surface area contributed by atoms with Crippen LogP contribution >= 0.6 is 11.6 Å². The lowest BCUT2D eigenvalue weighted by Gasteiger charge is -1.96. The molecule has 0 saturated heterocycles. The Kier molecular flexibility index (Phi) is 1.59. The van der Waals surface area contributed by atoms with E-state index in [1.165, 1.54) is 6.20 Å². The molecular weight excluding hydrogens is 176 g/mol. The quantitative estimate of drug-likeness (QED) is 0.669. The van der Waals surface area contributed by atoms with Crippen LogP contribution in [0.4, 0.5) is 0 Å². The van der Waals surface area contributed by atoms with Crippen molar-refractivity contribution >= 4 is 22.4 Å². The van der Waals surface area contributed by atoms with Crippen LogP contribution in [-0.4, -0.2) is 9.97 Å². The second-order valence-corrected chi connectivity index (χ2v) is 2.79. The van der Waals surface area contributed by atoms with Gasteiger partial charge in [-0.2, -0.15) is 0 Å². The third-order valence-corrected chi connectivity index (χ3v) is 1.97. The zero-order chi connectivity index (χ0) is 8.55. The number of hydrogen-bond donors (Lipinski definition) is 1. The zero-order valence-corrected chi connectivity index (χ0v) is 6.80. The minimum absolute atomic E-state index is 0.142. The maximum absolute atomic E-state index is 11.2. The van der Waals surface area contributed by atoms with E-state index in [1.54, 1.807) is 18.5 Å². The molecule has 0 aromatic carbocycles. The number of rotatable bonds is 0. The molecule has 2 heterocycles. The summed E-state index contributed by atoms with van der Waals surface area (Å²) in [5.74, 6) is 0. The summed E-state index contributed by atoms with van der Waals surface area (Å²) in [6, 6.07) is 1.64. The van der Waals surface area contributed by atoms with Crippen molar-refractivity contribution in [2.75, 3.05) is 0 Å². The fourth-order valence-electron chi connectivity index (χ4n) is 1.07. The number of aromatic nitrogens is 2. The first kappa shape index (κ1) is 7.31. The Bertz CT molecular complexity index is 478. The van der Waals surface area contributed by atoms with Crippen LogP contribution in [0.5, 0.6) is 0 Å². The van der Waals surface area contributed by atoms with Crippen LogP contribution in [0.2, 0.25) is 5.02 Å². The van der Waals surface area contributed by atoms with E-state index in [0.717, 1.165) is 0 Å². The van der Waals surface area contributed by atoms with Crippen LogP contribution in [0.25, 0.3) is 10.8 Å². The van der Waals surface area contributed by atoms with Crippen molar-refractivity contribution in [1.82, 2.24) is 9.97 Å². The molecule has 4 heteroatoms. The number of fused-ring (bicyclic) bond motifs is 1. The van der Waals surface area contributed by atoms with Crippen LogP contribution < -0.4 is 5.56 Å². The summed E-state index contributed by atoms with van der Waals surface area (Å²) >= 11 is 5.82. The maximum Gasteiger partial charge on any atom is 0.256 e. The molecule has 2 rings (SSSR count). The minimum Gasteiger partial charge on any atom is -0.327 e. The monoisotopic (exact) mass is 180 g/mol. The summed E-state index contributed by atoms with van der Waals surface area (Å²) in [7, 11) is 0. The van der Waals surface area contributed by atoms with Gasteiger partial charge in [-0.1, -0.05) is 11.6 Å². The Hall–Kier alpha value is -1.35. The van der Waals surface area contributed by atoms with Gasteiger partial charge in [0.2, 0.25) is 0 Å². The predicted molar refractivity (Wildman–Crippen MR) is 47.4 cm³/mol. The normalized spacial score (nSPS) is 10.4. The third-order valence-electron chi connectivity index (χ3n) is 1.65. The lowest BCUT2D eigenvalue weighted by molar-refractivity contribution is 1.26. The van der Waals surface area contributed by atoms with Gasteiger partial charge in [0.25, 0.3) is 5.56 Å². The van der Waals surface area contributed by atoms with E-state index in [-0.39, 0.29) is 5.56 Å². The fraction of sp³-hybridized carbons (Fsp3) is 0. The summed E-state index contributed by atoms with van der Waals surface area (Å²) < 4.78 is 0.